The van der Waals surface area contributed by atoms with Gasteiger partial charge >= 0.3 is 0 Å². The highest BCUT2D eigenvalue weighted by atomic mass is 35.5. The molecule has 0 spiro atoms. The zero-order chi connectivity index (χ0) is 21.8. The molecule has 1 fully saturated rings. The van der Waals surface area contributed by atoms with E-state index in [4.69, 9.17) is 9.47 Å². The molecule has 1 unspecified atom stereocenters. The monoisotopic (exact) mass is 473 g/mol. The standard InChI is InChI=1S/C24H27N3O3S.ClH/c1-16-25-20(15-31-16)17-6-4-7-19(12-17)26-24(28)14-27-11-5-8-21(27)18-9-10-22(29-2)23(13-18)30-3;/h4,6-7,9-10,12-13,15,21H,5,8,11,14H2,1-3H3,(H,26,28);1H. The van der Waals surface area contributed by atoms with Crippen molar-refractivity contribution in [2.45, 2.75) is 25.8 Å². The number of nitrogens with one attached hydrogen (secondary N) is 1. The molecule has 3 aromatic rings. The van der Waals surface area contributed by atoms with Gasteiger partial charge < -0.3 is 14.8 Å². The lowest BCUT2D eigenvalue weighted by molar-refractivity contribution is -0.117. The molecule has 1 saturated heterocycles. The van der Waals surface area contributed by atoms with Gasteiger partial charge in [-0.05, 0) is 56.1 Å². The molecule has 32 heavy (non-hydrogen) atoms. The number of likely N-dealkylation sites (tertiary alicyclic amines) is 1. The zero-order valence-corrected chi connectivity index (χ0v) is 20.1. The van der Waals surface area contributed by atoms with E-state index in [-0.39, 0.29) is 24.4 Å². The molecule has 2 heterocycles. The van der Waals surface area contributed by atoms with E-state index in [9.17, 15) is 4.79 Å². The normalized spacial score (nSPS) is 15.8. The highest BCUT2D eigenvalue weighted by molar-refractivity contribution is 7.09. The molecule has 1 atom stereocenters. The van der Waals surface area contributed by atoms with Crippen LogP contribution in [-0.2, 0) is 4.79 Å². The van der Waals surface area contributed by atoms with Crippen LogP contribution in [0.2, 0.25) is 0 Å². The molecule has 1 aliphatic heterocycles. The smallest absolute Gasteiger partial charge is 0.238 e. The minimum atomic E-state index is -0.0148. The largest absolute Gasteiger partial charge is 0.493 e. The number of benzene rings is 2. The topological polar surface area (TPSA) is 63.7 Å². The lowest BCUT2D eigenvalue weighted by Gasteiger charge is -2.25. The van der Waals surface area contributed by atoms with Crippen LogP contribution in [0, 0.1) is 6.92 Å². The molecule has 6 nitrogen and oxygen atoms in total. The van der Waals surface area contributed by atoms with Crippen LogP contribution in [-0.4, -0.2) is 43.1 Å². The molecule has 8 heteroatoms. The summed E-state index contributed by atoms with van der Waals surface area (Å²) in [5, 5.41) is 6.11. The Morgan fingerprint density at radius 1 is 1.19 bits per heavy atom. The first-order chi connectivity index (χ1) is 15.1. The van der Waals surface area contributed by atoms with Gasteiger partial charge in [0.2, 0.25) is 5.91 Å². The number of carbonyl (C=O) groups excluding carboxylic acids is 1. The van der Waals surface area contributed by atoms with Crippen LogP contribution >= 0.6 is 23.7 Å². The predicted octanol–water partition coefficient (Wildman–Crippen LogP) is 5.33. The van der Waals surface area contributed by atoms with Crippen molar-refractivity contribution in [3.63, 3.8) is 0 Å². The first kappa shape index (κ1) is 24.0. The summed E-state index contributed by atoms with van der Waals surface area (Å²) >= 11 is 1.62. The molecule has 1 aliphatic rings. The number of aryl methyl sites for hydroxylation is 1. The van der Waals surface area contributed by atoms with Crippen molar-refractivity contribution >= 4 is 35.3 Å². The maximum absolute atomic E-state index is 12.8. The summed E-state index contributed by atoms with van der Waals surface area (Å²) in [7, 11) is 3.27. The van der Waals surface area contributed by atoms with Crippen molar-refractivity contribution in [1.82, 2.24) is 9.88 Å². The third-order valence-electron chi connectivity index (χ3n) is 5.56. The van der Waals surface area contributed by atoms with E-state index in [0.29, 0.717) is 18.0 Å². The van der Waals surface area contributed by atoms with Crippen molar-refractivity contribution in [2.24, 2.45) is 0 Å². The molecule has 4 rings (SSSR count). The maximum atomic E-state index is 12.8. The summed E-state index contributed by atoms with van der Waals surface area (Å²) < 4.78 is 10.8. The van der Waals surface area contributed by atoms with Crippen molar-refractivity contribution in [3.05, 3.63) is 58.4 Å². The second-order valence-electron chi connectivity index (χ2n) is 7.62. The van der Waals surface area contributed by atoms with Gasteiger partial charge in [-0.3, -0.25) is 9.69 Å². The zero-order valence-electron chi connectivity index (χ0n) is 18.5. The van der Waals surface area contributed by atoms with Gasteiger partial charge in [-0.2, -0.15) is 0 Å². The second kappa shape index (κ2) is 10.8. The van der Waals surface area contributed by atoms with Gasteiger partial charge in [-0.25, -0.2) is 4.98 Å². The van der Waals surface area contributed by atoms with Crippen LogP contribution in [0.5, 0.6) is 11.5 Å². The molecule has 0 bridgehead atoms. The van der Waals surface area contributed by atoms with Crippen molar-refractivity contribution in [3.8, 4) is 22.8 Å². The summed E-state index contributed by atoms with van der Waals surface area (Å²) in [5.41, 5.74) is 3.87. The van der Waals surface area contributed by atoms with Crippen LogP contribution in [0.4, 0.5) is 5.69 Å². The van der Waals surface area contributed by atoms with Gasteiger partial charge in [0.15, 0.2) is 11.5 Å². The number of methoxy groups -OCH3 is 2. The van der Waals surface area contributed by atoms with Crippen LogP contribution in [0.1, 0.15) is 29.5 Å². The molecule has 170 valence electrons. The molecule has 0 aliphatic carbocycles. The first-order valence-electron chi connectivity index (χ1n) is 10.4. The van der Waals surface area contributed by atoms with Crippen molar-refractivity contribution < 1.29 is 14.3 Å². The molecule has 2 aromatic carbocycles. The second-order valence-corrected chi connectivity index (χ2v) is 8.69. The van der Waals surface area contributed by atoms with Gasteiger partial charge in [0.05, 0.1) is 31.5 Å². The Bertz CT molecular complexity index is 1070. The van der Waals surface area contributed by atoms with Gasteiger partial charge in [-0.15, -0.1) is 23.7 Å². The minimum absolute atomic E-state index is 0. The predicted molar refractivity (Wildman–Crippen MR) is 131 cm³/mol. The summed E-state index contributed by atoms with van der Waals surface area (Å²) in [6, 6.07) is 14.0. The number of halogens is 1. The molecular formula is C24H28ClN3O3S. The van der Waals surface area contributed by atoms with E-state index in [1.165, 1.54) is 0 Å². The van der Waals surface area contributed by atoms with Crippen LogP contribution in [0.25, 0.3) is 11.3 Å². The highest BCUT2D eigenvalue weighted by Crippen LogP contribution is 2.36. The highest BCUT2D eigenvalue weighted by Gasteiger charge is 2.28. The maximum Gasteiger partial charge on any atom is 0.238 e. The molecule has 1 aromatic heterocycles. The summed E-state index contributed by atoms with van der Waals surface area (Å²) in [5.74, 6) is 1.41. The van der Waals surface area contributed by atoms with Gasteiger partial charge in [-0.1, -0.05) is 18.2 Å². The number of thiazole rings is 1. The lowest BCUT2D eigenvalue weighted by atomic mass is 10.0. The summed E-state index contributed by atoms with van der Waals surface area (Å²) in [4.78, 5) is 19.6. The van der Waals surface area contributed by atoms with Gasteiger partial charge in [0.1, 0.15) is 0 Å². The molecule has 0 saturated carbocycles. The minimum Gasteiger partial charge on any atom is -0.493 e. The van der Waals surface area contributed by atoms with Crippen LogP contribution < -0.4 is 14.8 Å². The van der Waals surface area contributed by atoms with E-state index in [2.05, 4.69) is 21.3 Å². The Hall–Kier alpha value is -2.61. The van der Waals surface area contributed by atoms with Crippen LogP contribution in [0.15, 0.2) is 47.8 Å². The molecule has 1 N–H and O–H groups in total. The summed E-state index contributed by atoms with van der Waals surface area (Å²) in [6.07, 6.45) is 2.08. The van der Waals surface area contributed by atoms with E-state index < -0.39 is 0 Å². The average molecular weight is 474 g/mol. The van der Waals surface area contributed by atoms with Crippen molar-refractivity contribution in [1.29, 1.82) is 0 Å². The number of amides is 1. The number of hydrogen-bond acceptors (Lipinski definition) is 6. The number of aromatic nitrogens is 1. The Morgan fingerprint density at radius 2 is 2.00 bits per heavy atom. The number of nitrogens with zero attached hydrogens (tertiary/aromatic N) is 2. The number of carbonyl (C=O) groups is 1. The number of anilines is 1. The molecule has 0 radical (unpaired) electrons. The SMILES string of the molecule is COc1ccc(C2CCCN2CC(=O)Nc2cccc(-c3csc(C)n3)c2)cc1OC.Cl. The number of hydrogen-bond donors (Lipinski definition) is 1. The van der Waals surface area contributed by atoms with Gasteiger partial charge in [0, 0.05) is 22.7 Å². The first-order valence-corrected chi connectivity index (χ1v) is 11.2. The summed E-state index contributed by atoms with van der Waals surface area (Å²) in [6.45, 7) is 3.23. The van der Waals surface area contributed by atoms with E-state index in [1.807, 2.05) is 48.7 Å². The Labute approximate surface area is 199 Å². The number of rotatable bonds is 7. The average Bonchev–Trinajstić information content (AvgIpc) is 3.42. The Balaban J connectivity index is 0.00000289. The van der Waals surface area contributed by atoms with Crippen LogP contribution in [0.3, 0.4) is 0 Å². The third-order valence-corrected chi connectivity index (χ3v) is 6.34. The van der Waals surface area contributed by atoms with E-state index in [1.54, 1.807) is 25.6 Å². The number of ether oxygens (including phenoxy) is 2. The molecular weight excluding hydrogens is 446 g/mol. The quantitative estimate of drug-likeness (QED) is 0.502. The fourth-order valence-corrected chi connectivity index (χ4v) is 4.71. The fourth-order valence-electron chi connectivity index (χ4n) is 4.09. The third kappa shape index (κ3) is 5.41. The van der Waals surface area contributed by atoms with E-state index in [0.717, 1.165) is 46.9 Å². The van der Waals surface area contributed by atoms with Gasteiger partial charge in [0.25, 0.3) is 0 Å². The molecule has 1 amide bonds. The fraction of sp³-hybridized carbons (Fsp3) is 0.333. The Kier molecular flexibility index (Phi) is 8.12. The lowest BCUT2D eigenvalue weighted by Crippen LogP contribution is -2.33. The Morgan fingerprint density at radius 3 is 2.72 bits per heavy atom. The van der Waals surface area contributed by atoms with E-state index >= 15 is 0 Å². The van der Waals surface area contributed by atoms with Crippen molar-refractivity contribution in [2.75, 3.05) is 32.6 Å².